The van der Waals surface area contributed by atoms with E-state index in [1.54, 1.807) is 30.5 Å². The van der Waals surface area contributed by atoms with Gasteiger partial charge in [-0.25, -0.2) is 4.79 Å². The van der Waals surface area contributed by atoms with Gasteiger partial charge in [0, 0.05) is 30.4 Å². The molecule has 5 rings (SSSR count). The van der Waals surface area contributed by atoms with Crippen molar-refractivity contribution in [3.05, 3.63) is 107 Å². The van der Waals surface area contributed by atoms with Crippen molar-refractivity contribution < 1.29 is 19.1 Å². The number of hydrogen-bond acceptors (Lipinski definition) is 5. The van der Waals surface area contributed by atoms with Crippen LogP contribution in [0.15, 0.2) is 83.4 Å². The van der Waals surface area contributed by atoms with Crippen molar-refractivity contribution in [3.63, 3.8) is 0 Å². The van der Waals surface area contributed by atoms with Gasteiger partial charge in [0.15, 0.2) is 5.11 Å². The predicted molar refractivity (Wildman–Crippen MR) is 152 cm³/mol. The fourth-order valence-electron chi connectivity index (χ4n) is 4.70. The van der Waals surface area contributed by atoms with Crippen LogP contribution in [0.4, 0.5) is 5.69 Å². The number of carboxylic acids is 1. The fraction of sp³-hybridized carbons (Fsp3) is 0.200. The highest BCUT2D eigenvalue weighted by Gasteiger charge is 2.41. The number of aryl methyl sites for hydroxylation is 2. The van der Waals surface area contributed by atoms with Gasteiger partial charge in [-0.15, -0.1) is 0 Å². The van der Waals surface area contributed by atoms with E-state index in [0.717, 1.165) is 28.1 Å². The van der Waals surface area contributed by atoms with Crippen LogP contribution in [0.25, 0.3) is 11.3 Å². The van der Waals surface area contributed by atoms with Crippen LogP contribution in [0.3, 0.4) is 0 Å². The van der Waals surface area contributed by atoms with Crippen molar-refractivity contribution in [2.45, 2.75) is 32.4 Å². The maximum absolute atomic E-state index is 12.9. The molecular weight excluding hydrogens is 512 g/mol. The molecular formula is C30H28N4O4S. The Morgan fingerprint density at radius 3 is 2.59 bits per heavy atom. The van der Waals surface area contributed by atoms with E-state index in [0.29, 0.717) is 23.2 Å². The number of amides is 1. The zero-order valence-corrected chi connectivity index (χ0v) is 22.4. The summed E-state index contributed by atoms with van der Waals surface area (Å²) < 4.78 is 6.30. The predicted octanol–water partition coefficient (Wildman–Crippen LogP) is 5.66. The zero-order valence-electron chi connectivity index (χ0n) is 21.5. The molecule has 0 spiro atoms. The molecule has 9 heteroatoms. The normalized spacial score (nSPS) is 16.7. The van der Waals surface area contributed by atoms with Crippen LogP contribution in [0, 0.1) is 13.8 Å². The Hall–Kier alpha value is -4.50. The number of hydrogen-bond donors (Lipinski definition) is 3. The number of carbonyl (C=O) groups is 2. The van der Waals surface area contributed by atoms with Crippen molar-refractivity contribution in [1.29, 1.82) is 0 Å². The number of furan rings is 1. The van der Waals surface area contributed by atoms with Gasteiger partial charge in [0.05, 0.1) is 17.3 Å². The number of thiocarbonyl (C=S) groups is 1. The molecule has 1 aliphatic heterocycles. The van der Waals surface area contributed by atoms with E-state index in [1.807, 2.05) is 67.3 Å². The monoisotopic (exact) mass is 540 g/mol. The summed E-state index contributed by atoms with van der Waals surface area (Å²) >= 11 is 5.71. The van der Waals surface area contributed by atoms with Crippen LogP contribution in [-0.2, 0) is 4.79 Å². The van der Waals surface area contributed by atoms with Gasteiger partial charge in [0.2, 0.25) is 5.91 Å². The second-order valence-electron chi connectivity index (χ2n) is 9.52. The van der Waals surface area contributed by atoms with Crippen LogP contribution in [0.5, 0.6) is 0 Å². The summed E-state index contributed by atoms with van der Waals surface area (Å²) in [5.74, 6) is 0.172. The maximum Gasteiger partial charge on any atom is 0.335 e. The van der Waals surface area contributed by atoms with Gasteiger partial charge in [-0.3, -0.25) is 9.78 Å². The molecule has 39 heavy (non-hydrogen) atoms. The standard InChI is InChI=1S/C30H28N4O4S/c1-18-6-7-19(2)23(17-18)32-26(35)14-16-34-28(27(33-30(34)39)22-5-3-4-15-31-22)25-13-12-24(38-25)20-8-10-21(11-9-20)29(36)37/h3-13,15,17,27-28H,14,16H2,1-2H3,(H,32,35)(H,33,39)(H,36,37)/t27-,28-/m0/s1. The molecule has 3 N–H and O–H groups in total. The molecule has 0 radical (unpaired) electrons. The summed E-state index contributed by atoms with van der Waals surface area (Å²) in [5.41, 5.74) is 4.64. The lowest BCUT2D eigenvalue weighted by Gasteiger charge is -2.26. The molecule has 8 nitrogen and oxygen atoms in total. The molecule has 2 aromatic heterocycles. The largest absolute Gasteiger partial charge is 0.478 e. The van der Waals surface area contributed by atoms with Crippen molar-refractivity contribution in [2.75, 3.05) is 11.9 Å². The average molecular weight is 541 g/mol. The topological polar surface area (TPSA) is 108 Å². The number of rotatable bonds is 8. The minimum atomic E-state index is -0.984. The third-order valence-electron chi connectivity index (χ3n) is 6.78. The third kappa shape index (κ3) is 5.68. The SMILES string of the molecule is Cc1ccc(C)c(NC(=O)CCN2C(=S)N[C@@H](c3ccccn3)[C@@H]2c2ccc(-c3ccc(C(=O)O)cc3)o2)c1. The van der Waals surface area contributed by atoms with Crippen LogP contribution in [-0.4, -0.2) is 38.5 Å². The highest BCUT2D eigenvalue weighted by molar-refractivity contribution is 7.80. The number of aromatic nitrogens is 1. The fourth-order valence-corrected chi connectivity index (χ4v) is 5.04. The maximum atomic E-state index is 12.9. The summed E-state index contributed by atoms with van der Waals surface area (Å²) in [7, 11) is 0. The lowest BCUT2D eigenvalue weighted by atomic mass is 10.0. The second-order valence-corrected chi connectivity index (χ2v) is 9.91. The Balaban J connectivity index is 1.39. The van der Waals surface area contributed by atoms with E-state index in [-0.39, 0.29) is 30.0 Å². The lowest BCUT2D eigenvalue weighted by molar-refractivity contribution is -0.116. The van der Waals surface area contributed by atoms with Crippen molar-refractivity contribution in [3.8, 4) is 11.3 Å². The van der Waals surface area contributed by atoms with Gasteiger partial charge in [0.1, 0.15) is 17.6 Å². The van der Waals surface area contributed by atoms with Gasteiger partial charge in [-0.2, -0.15) is 0 Å². The summed E-state index contributed by atoms with van der Waals surface area (Å²) in [4.78, 5) is 30.7. The Morgan fingerprint density at radius 1 is 1.08 bits per heavy atom. The summed E-state index contributed by atoms with van der Waals surface area (Å²) in [6.07, 6.45) is 1.96. The number of benzene rings is 2. The minimum absolute atomic E-state index is 0.106. The van der Waals surface area contributed by atoms with Crippen LogP contribution in [0.2, 0.25) is 0 Å². The highest BCUT2D eigenvalue weighted by Crippen LogP contribution is 2.40. The third-order valence-corrected chi connectivity index (χ3v) is 7.13. The lowest BCUT2D eigenvalue weighted by Crippen LogP contribution is -2.32. The Labute approximate surface area is 231 Å². The molecule has 0 aliphatic carbocycles. The average Bonchev–Trinajstić information content (AvgIpc) is 3.54. The number of aromatic carboxylic acids is 1. The molecule has 0 unspecified atom stereocenters. The molecule has 1 aliphatic rings. The summed E-state index contributed by atoms with van der Waals surface area (Å²) in [6, 6.07) is 21.3. The van der Waals surface area contributed by atoms with Crippen LogP contribution >= 0.6 is 12.2 Å². The molecule has 198 valence electrons. The van der Waals surface area contributed by atoms with Crippen molar-refractivity contribution in [1.82, 2.24) is 15.2 Å². The molecule has 0 bridgehead atoms. The number of carboxylic acid groups (broad SMARTS) is 1. The molecule has 2 aromatic carbocycles. The molecule has 0 saturated carbocycles. The van der Waals surface area contributed by atoms with E-state index >= 15 is 0 Å². The first-order valence-electron chi connectivity index (χ1n) is 12.6. The van der Waals surface area contributed by atoms with E-state index in [1.165, 1.54) is 0 Å². The number of nitrogens with one attached hydrogen (secondary N) is 2. The molecule has 3 heterocycles. The molecule has 1 saturated heterocycles. The second kappa shape index (κ2) is 11.1. The number of anilines is 1. The quantitative estimate of drug-likeness (QED) is 0.246. The number of carbonyl (C=O) groups excluding carboxylic acids is 1. The van der Waals surface area contributed by atoms with Gasteiger partial charge < -0.3 is 25.1 Å². The van der Waals surface area contributed by atoms with Crippen LogP contribution in [0.1, 0.15) is 51.4 Å². The van der Waals surface area contributed by atoms with Crippen molar-refractivity contribution in [2.24, 2.45) is 0 Å². The zero-order chi connectivity index (χ0) is 27.5. The van der Waals surface area contributed by atoms with Gasteiger partial charge >= 0.3 is 5.97 Å². The molecule has 2 atom stereocenters. The van der Waals surface area contributed by atoms with Crippen molar-refractivity contribution >= 4 is 34.9 Å². The Bertz CT molecular complexity index is 1520. The first-order chi connectivity index (χ1) is 18.8. The first-order valence-corrected chi connectivity index (χ1v) is 13.0. The van der Waals surface area contributed by atoms with Gasteiger partial charge in [0.25, 0.3) is 0 Å². The van der Waals surface area contributed by atoms with E-state index in [4.69, 9.17) is 16.6 Å². The highest BCUT2D eigenvalue weighted by atomic mass is 32.1. The first kappa shape index (κ1) is 26.1. The molecule has 1 amide bonds. The van der Waals surface area contributed by atoms with Crippen LogP contribution < -0.4 is 10.6 Å². The molecule has 4 aromatic rings. The minimum Gasteiger partial charge on any atom is -0.478 e. The Morgan fingerprint density at radius 2 is 1.87 bits per heavy atom. The number of pyridine rings is 1. The van der Waals surface area contributed by atoms with Gasteiger partial charge in [-0.05, 0) is 79.7 Å². The van der Waals surface area contributed by atoms with E-state index in [9.17, 15) is 14.7 Å². The van der Waals surface area contributed by atoms with E-state index < -0.39 is 5.97 Å². The smallest absolute Gasteiger partial charge is 0.335 e. The Kier molecular flexibility index (Phi) is 7.42. The summed E-state index contributed by atoms with van der Waals surface area (Å²) in [5, 5.41) is 16.1. The number of nitrogens with zero attached hydrogens (tertiary/aromatic N) is 2. The van der Waals surface area contributed by atoms with Gasteiger partial charge in [-0.1, -0.05) is 30.3 Å². The summed E-state index contributed by atoms with van der Waals surface area (Å²) in [6.45, 7) is 4.33. The van der Waals surface area contributed by atoms with E-state index in [2.05, 4.69) is 15.6 Å². The molecule has 1 fully saturated rings.